The van der Waals surface area contributed by atoms with Crippen LogP contribution in [0.15, 0.2) is 12.1 Å². The molecule has 0 aromatic carbocycles. The van der Waals surface area contributed by atoms with Crippen molar-refractivity contribution in [3.05, 3.63) is 17.7 Å². The van der Waals surface area contributed by atoms with Gasteiger partial charge in [0.1, 0.15) is 6.61 Å². The summed E-state index contributed by atoms with van der Waals surface area (Å²) in [6, 6.07) is 3.88. The summed E-state index contributed by atoms with van der Waals surface area (Å²) >= 11 is 0. The molecule has 1 aliphatic heterocycles. The zero-order valence-corrected chi connectivity index (χ0v) is 9.12. The zero-order valence-electron chi connectivity index (χ0n) is 9.12. The molecular weight excluding hydrogens is 192 g/mol. The molecule has 1 aromatic heterocycles. The Balaban J connectivity index is 2.20. The van der Waals surface area contributed by atoms with Gasteiger partial charge in [-0.1, -0.05) is 0 Å². The smallest absolute Gasteiger partial charge is 0.221 e. The van der Waals surface area contributed by atoms with Crippen LogP contribution >= 0.6 is 0 Å². The van der Waals surface area contributed by atoms with E-state index < -0.39 is 0 Å². The summed E-state index contributed by atoms with van der Waals surface area (Å²) < 4.78 is 11.0. The van der Waals surface area contributed by atoms with Crippen molar-refractivity contribution in [2.24, 2.45) is 0 Å². The molecule has 15 heavy (non-hydrogen) atoms. The highest BCUT2D eigenvalue weighted by Gasteiger charge is 2.11. The Bertz CT molecular complexity index is 339. The number of rotatable bonds is 2. The summed E-state index contributed by atoms with van der Waals surface area (Å²) in [7, 11) is 0. The number of hydrogen-bond donors (Lipinski definition) is 1. The molecule has 4 heteroatoms. The summed E-state index contributed by atoms with van der Waals surface area (Å²) in [5.74, 6) is 1.32. The fraction of sp³-hybridized carbons (Fsp3) is 0.545. The van der Waals surface area contributed by atoms with Gasteiger partial charge in [-0.05, 0) is 19.9 Å². The van der Waals surface area contributed by atoms with Crippen molar-refractivity contribution in [2.75, 3.05) is 13.2 Å². The van der Waals surface area contributed by atoms with Crippen LogP contribution in [0.2, 0.25) is 0 Å². The Morgan fingerprint density at radius 1 is 1.47 bits per heavy atom. The molecule has 0 saturated carbocycles. The molecule has 0 unspecified atom stereocenters. The number of nitrogens with one attached hydrogen (secondary N) is 1. The van der Waals surface area contributed by atoms with Crippen LogP contribution in [0.4, 0.5) is 0 Å². The second-order valence-electron chi connectivity index (χ2n) is 3.81. The van der Waals surface area contributed by atoms with Gasteiger partial charge in [-0.15, -0.1) is 0 Å². The van der Waals surface area contributed by atoms with Crippen LogP contribution in [0.5, 0.6) is 11.8 Å². The van der Waals surface area contributed by atoms with E-state index in [0.29, 0.717) is 18.4 Å². The molecule has 4 nitrogen and oxygen atoms in total. The molecule has 0 radical (unpaired) electrons. The first-order valence-electron chi connectivity index (χ1n) is 5.26. The first kappa shape index (κ1) is 10.2. The first-order chi connectivity index (χ1) is 7.25. The summed E-state index contributed by atoms with van der Waals surface area (Å²) in [6.45, 7) is 6.29. The van der Waals surface area contributed by atoms with Crippen molar-refractivity contribution in [1.29, 1.82) is 0 Å². The van der Waals surface area contributed by atoms with Gasteiger partial charge in [-0.2, -0.15) is 4.98 Å². The molecule has 0 atom stereocenters. The molecule has 1 aromatic rings. The van der Waals surface area contributed by atoms with E-state index in [2.05, 4.69) is 10.3 Å². The minimum absolute atomic E-state index is 0.138. The normalized spacial score (nSPS) is 15.4. The van der Waals surface area contributed by atoms with E-state index in [1.54, 1.807) is 0 Å². The summed E-state index contributed by atoms with van der Waals surface area (Å²) in [5, 5.41) is 3.26. The summed E-state index contributed by atoms with van der Waals surface area (Å²) in [6.07, 6.45) is 0.138. The molecule has 0 fully saturated rings. The topological polar surface area (TPSA) is 43.4 Å². The molecule has 0 amide bonds. The van der Waals surface area contributed by atoms with Gasteiger partial charge < -0.3 is 14.8 Å². The van der Waals surface area contributed by atoms with Crippen LogP contribution < -0.4 is 14.8 Å². The van der Waals surface area contributed by atoms with Gasteiger partial charge in [0.2, 0.25) is 11.8 Å². The average molecular weight is 208 g/mol. The van der Waals surface area contributed by atoms with E-state index in [1.165, 1.54) is 0 Å². The van der Waals surface area contributed by atoms with Crippen molar-refractivity contribution in [3.8, 4) is 11.8 Å². The first-order valence-corrected chi connectivity index (χ1v) is 5.26. The van der Waals surface area contributed by atoms with Crippen molar-refractivity contribution < 1.29 is 9.47 Å². The number of fused-ring (bicyclic) bond motifs is 1. The molecule has 0 bridgehead atoms. The minimum Gasteiger partial charge on any atom is -0.476 e. The van der Waals surface area contributed by atoms with Gasteiger partial charge in [0.05, 0.1) is 6.10 Å². The van der Waals surface area contributed by atoms with Crippen LogP contribution in [0, 0.1) is 0 Å². The second-order valence-corrected chi connectivity index (χ2v) is 3.81. The SMILES string of the molecule is CC(C)Oc1ccc2c(n1)OCCNC2. The highest BCUT2D eigenvalue weighted by atomic mass is 16.5. The molecule has 0 aliphatic carbocycles. The van der Waals surface area contributed by atoms with E-state index in [-0.39, 0.29) is 6.10 Å². The maximum Gasteiger partial charge on any atom is 0.221 e. The van der Waals surface area contributed by atoms with Gasteiger partial charge in [0.25, 0.3) is 0 Å². The van der Waals surface area contributed by atoms with Crippen molar-refractivity contribution in [1.82, 2.24) is 10.3 Å². The lowest BCUT2D eigenvalue weighted by Gasteiger charge is -2.11. The average Bonchev–Trinajstić information content (AvgIpc) is 2.41. The maximum absolute atomic E-state index is 5.52. The zero-order chi connectivity index (χ0) is 10.7. The monoisotopic (exact) mass is 208 g/mol. The third-order valence-electron chi connectivity index (χ3n) is 2.10. The van der Waals surface area contributed by atoms with Gasteiger partial charge in [-0.25, -0.2) is 0 Å². The number of hydrogen-bond acceptors (Lipinski definition) is 4. The molecule has 0 saturated heterocycles. The third-order valence-corrected chi connectivity index (χ3v) is 2.10. The van der Waals surface area contributed by atoms with Crippen LogP contribution in [0.25, 0.3) is 0 Å². The highest BCUT2D eigenvalue weighted by Crippen LogP contribution is 2.21. The van der Waals surface area contributed by atoms with Crippen molar-refractivity contribution in [2.45, 2.75) is 26.5 Å². The van der Waals surface area contributed by atoms with Crippen LogP contribution in [-0.2, 0) is 6.54 Å². The van der Waals surface area contributed by atoms with Crippen LogP contribution in [0.1, 0.15) is 19.4 Å². The lowest BCUT2D eigenvalue weighted by molar-refractivity contribution is 0.227. The van der Waals surface area contributed by atoms with Crippen LogP contribution in [-0.4, -0.2) is 24.2 Å². The fourth-order valence-electron chi connectivity index (χ4n) is 1.46. The van der Waals surface area contributed by atoms with Crippen LogP contribution in [0.3, 0.4) is 0 Å². The molecule has 82 valence electrons. The highest BCUT2D eigenvalue weighted by molar-refractivity contribution is 5.31. The summed E-state index contributed by atoms with van der Waals surface area (Å²) in [5.41, 5.74) is 1.09. The number of pyridine rings is 1. The maximum atomic E-state index is 5.52. The number of aromatic nitrogens is 1. The Morgan fingerprint density at radius 2 is 2.33 bits per heavy atom. The fourth-order valence-corrected chi connectivity index (χ4v) is 1.46. The molecule has 1 aliphatic rings. The van der Waals surface area contributed by atoms with E-state index in [4.69, 9.17) is 9.47 Å². The van der Waals surface area contributed by atoms with E-state index in [9.17, 15) is 0 Å². The lowest BCUT2D eigenvalue weighted by Crippen LogP contribution is -2.16. The Kier molecular flexibility index (Phi) is 3.06. The Labute approximate surface area is 89.6 Å². The van der Waals surface area contributed by atoms with Crippen molar-refractivity contribution in [3.63, 3.8) is 0 Å². The van der Waals surface area contributed by atoms with Gasteiger partial charge in [0, 0.05) is 24.7 Å². The molecule has 0 spiro atoms. The molecule has 2 heterocycles. The van der Waals surface area contributed by atoms with Gasteiger partial charge in [-0.3, -0.25) is 0 Å². The van der Waals surface area contributed by atoms with Gasteiger partial charge >= 0.3 is 0 Å². The lowest BCUT2D eigenvalue weighted by atomic mass is 10.2. The second kappa shape index (κ2) is 4.49. The standard InChI is InChI=1S/C11H16N2O2/c1-8(2)15-10-4-3-9-7-12-5-6-14-11(9)13-10/h3-4,8,12H,5-7H2,1-2H3. The molecular formula is C11H16N2O2. The predicted octanol–water partition coefficient (Wildman–Crippen LogP) is 1.35. The van der Waals surface area contributed by atoms with Gasteiger partial charge in [0.15, 0.2) is 0 Å². The minimum atomic E-state index is 0.138. The molecule has 1 N–H and O–H groups in total. The Hall–Kier alpha value is -1.29. The Morgan fingerprint density at radius 3 is 3.13 bits per heavy atom. The number of ether oxygens (including phenoxy) is 2. The predicted molar refractivity (Wildman–Crippen MR) is 57.2 cm³/mol. The summed E-state index contributed by atoms with van der Waals surface area (Å²) in [4.78, 5) is 4.33. The van der Waals surface area contributed by atoms with Crippen molar-refractivity contribution >= 4 is 0 Å². The molecule has 2 rings (SSSR count). The quantitative estimate of drug-likeness (QED) is 0.796. The third kappa shape index (κ3) is 2.59. The largest absolute Gasteiger partial charge is 0.476 e. The number of nitrogens with zero attached hydrogens (tertiary/aromatic N) is 1. The van der Waals surface area contributed by atoms with E-state index >= 15 is 0 Å². The van der Waals surface area contributed by atoms with E-state index in [1.807, 2.05) is 26.0 Å². The van der Waals surface area contributed by atoms with E-state index in [0.717, 1.165) is 18.7 Å².